The minimum Gasteiger partial charge on any atom is -0.496 e. The molecule has 0 saturated carbocycles. The molecule has 10 heteroatoms. The van der Waals surface area contributed by atoms with Crippen LogP contribution in [0.2, 0.25) is 0 Å². The summed E-state index contributed by atoms with van der Waals surface area (Å²) < 4.78 is 31.4. The number of aliphatic hydroxyl groups is 1. The van der Waals surface area contributed by atoms with Gasteiger partial charge in [-0.05, 0) is 56.2 Å². The number of ether oxygens (including phenoxy) is 3. The van der Waals surface area contributed by atoms with Crippen LogP contribution in [0.5, 0.6) is 17.2 Å². The molecule has 0 bridgehead atoms. The van der Waals surface area contributed by atoms with Gasteiger partial charge in [0.25, 0.3) is 5.91 Å². The van der Waals surface area contributed by atoms with E-state index in [1.165, 1.54) is 19.2 Å². The third kappa shape index (κ3) is 5.96. The Morgan fingerprint density at radius 1 is 1.07 bits per heavy atom. The lowest BCUT2D eigenvalue weighted by Gasteiger charge is -2.39. The topological polar surface area (TPSA) is 118 Å². The summed E-state index contributed by atoms with van der Waals surface area (Å²) in [5.41, 5.74) is 3.42. The van der Waals surface area contributed by atoms with Gasteiger partial charge in [-0.1, -0.05) is 12.1 Å². The quantitative estimate of drug-likeness (QED) is 0.329. The van der Waals surface area contributed by atoms with Gasteiger partial charge in [-0.3, -0.25) is 9.59 Å². The van der Waals surface area contributed by atoms with Crippen molar-refractivity contribution in [2.24, 2.45) is 0 Å². The fourth-order valence-corrected chi connectivity index (χ4v) is 4.75. The molecule has 212 valence electrons. The largest absolute Gasteiger partial charge is 0.496 e. The summed E-state index contributed by atoms with van der Waals surface area (Å²) in [7, 11) is 3.22. The van der Waals surface area contributed by atoms with Crippen molar-refractivity contribution in [3.8, 4) is 28.4 Å². The lowest BCUT2D eigenvalue weighted by Crippen LogP contribution is -2.52. The van der Waals surface area contributed by atoms with Gasteiger partial charge < -0.3 is 34.6 Å². The summed E-state index contributed by atoms with van der Waals surface area (Å²) in [5.74, 6) is -0.454. The van der Waals surface area contributed by atoms with Gasteiger partial charge >= 0.3 is 5.97 Å². The van der Waals surface area contributed by atoms with Crippen LogP contribution in [-0.4, -0.2) is 54.5 Å². The highest BCUT2D eigenvalue weighted by Gasteiger charge is 2.38. The second kappa shape index (κ2) is 11.4. The Bertz CT molecular complexity index is 1440. The van der Waals surface area contributed by atoms with E-state index in [1.807, 2.05) is 32.9 Å². The Labute approximate surface area is 232 Å². The number of carbonyl (C=O) groups excluding carboxylic acids is 1. The molecule has 0 saturated heterocycles. The highest BCUT2D eigenvalue weighted by Crippen LogP contribution is 2.45. The van der Waals surface area contributed by atoms with Gasteiger partial charge in [0.1, 0.15) is 41.8 Å². The molecule has 0 aromatic heterocycles. The zero-order valence-electron chi connectivity index (χ0n) is 23.1. The molecule has 1 aliphatic rings. The number of anilines is 2. The summed E-state index contributed by atoms with van der Waals surface area (Å²) in [6.45, 7) is 5.28. The predicted molar refractivity (Wildman–Crippen MR) is 149 cm³/mol. The van der Waals surface area contributed by atoms with E-state index in [1.54, 1.807) is 36.2 Å². The molecular weight excluding hydrogens is 519 g/mol. The third-order valence-electron chi connectivity index (χ3n) is 6.74. The molecule has 0 spiro atoms. The standard InChI is InChI=1S/C30H33FN2O7/c1-17-6-7-18(31)12-25(17)40-16-23-21(10-11-24-28(23)33(4)29(37)30(2,3)32-24)22-9-8-20(14-26(22)38-5)39-15-19(34)13-27(35)36/h6-12,14,19,32,34H,13,15-16H2,1-5H3,(H,35,36). The number of aliphatic carboxylic acids is 1. The Morgan fingerprint density at radius 2 is 1.80 bits per heavy atom. The number of likely N-dealkylation sites (N-methyl/N-ethyl adjacent to an activating group) is 1. The average Bonchev–Trinajstić information content (AvgIpc) is 2.90. The molecule has 40 heavy (non-hydrogen) atoms. The average molecular weight is 553 g/mol. The number of methoxy groups -OCH3 is 1. The fraction of sp³-hybridized carbons (Fsp3) is 0.333. The molecule has 0 aliphatic carbocycles. The smallest absolute Gasteiger partial charge is 0.306 e. The zero-order chi connectivity index (χ0) is 29.2. The lowest BCUT2D eigenvalue weighted by atomic mass is 9.91. The maximum atomic E-state index is 14.0. The Hall–Kier alpha value is -4.31. The second-order valence-corrected chi connectivity index (χ2v) is 10.2. The molecule has 0 radical (unpaired) electrons. The van der Waals surface area contributed by atoms with Crippen molar-refractivity contribution in [3.63, 3.8) is 0 Å². The SMILES string of the molecule is COc1cc(OCC(O)CC(=O)O)ccc1-c1ccc2c(c1COc1cc(F)ccc1C)N(C)C(=O)C(C)(C)N2. The second-order valence-electron chi connectivity index (χ2n) is 10.2. The number of carbonyl (C=O) groups is 2. The number of benzene rings is 3. The van der Waals surface area contributed by atoms with Crippen LogP contribution < -0.4 is 24.4 Å². The molecule has 1 atom stereocenters. The van der Waals surface area contributed by atoms with Gasteiger partial charge in [0.05, 0.1) is 31.0 Å². The minimum atomic E-state index is -1.16. The molecule has 9 nitrogen and oxygen atoms in total. The number of carboxylic acid groups (broad SMARTS) is 1. The number of halogens is 1. The number of aryl methyl sites for hydroxylation is 1. The first-order valence-corrected chi connectivity index (χ1v) is 12.7. The Kier molecular flexibility index (Phi) is 8.20. The molecule has 3 aromatic rings. The van der Waals surface area contributed by atoms with Gasteiger partial charge in [-0.15, -0.1) is 0 Å². The summed E-state index contributed by atoms with van der Waals surface area (Å²) in [5, 5.41) is 22.0. The van der Waals surface area contributed by atoms with Crippen LogP contribution in [-0.2, 0) is 16.2 Å². The van der Waals surface area contributed by atoms with E-state index in [2.05, 4.69) is 5.32 Å². The van der Waals surface area contributed by atoms with Crippen LogP contribution in [0.15, 0.2) is 48.5 Å². The van der Waals surface area contributed by atoms with Gasteiger partial charge in [0, 0.05) is 30.3 Å². The number of hydrogen-bond acceptors (Lipinski definition) is 7. The minimum absolute atomic E-state index is 0.0331. The van der Waals surface area contributed by atoms with Crippen molar-refractivity contribution >= 4 is 23.3 Å². The van der Waals surface area contributed by atoms with E-state index < -0.39 is 29.9 Å². The van der Waals surface area contributed by atoms with E-state index in [0.29, 0.717) is 34.1 Å². The van der Waals surface area contributed by atoms with Gasteiger partial charge in [0.2, 0.25) is 0 Å². The third-order valence-corrected chi connectivity index (χ3v) is 6.74. The van der Waals surface area contributed by atoms with Crippen LogP contribution in [0.25, 0.3) is 11.1 Å². The van der Waals surface area contributed by atoms with E-state index in [9.17, 15) is 19.1 Å². The summed E-state index contributed by atoms with van der Waals surface area (Å²) in [4.78, 5) is 25.6. The summed E-state index contributed by atoms with van der Waals surface area (Å²) >= 11 is 0. The molecule has 1 unspecified atom stereocenters. The molecule has 4 rings (SSSR count). The highest BCUT2D eigenvalue weighted by atomic mass is 19.1. The van der Waals surface area contributed by atoms with Crippen LogP contribution in [0.3, 0.4) is 0 Å². The maximum Gasteiger partial charge on any atom is 0.306 e. The van der Waals surface area contributed by atoms with E-state index in [-0.39, 0.29) is 19.1 Å². The number of nitrogens with zero attached hydrogens (tertiary/aromatic N) is 1. The zero-order valence-corrected chi connectivity index (χ0v) is 23.1. The van der Waals surface area contributed by atoms with Crippen molar-refractivity contribution in [1.82, 2.24) is 0 Å². The highest BCUT2D eigenvalue weighted by molar-refractivity contribution is 6.08. The van der Waals surface area contributed by atoms with Gasteiger partial charge in [0.15, 0.2) is 0 Å². The molecule has 1 amide bonds. The van der Waals surface area contributed by atoms with E-state index in [0.717, 1.165) is 16.8 Å². The van der Waals surface area contributed by atoms with Crippen molar-refractivity contribution in [1.29, 1.82) is 0 Å². The van der Waals surface area contributed by atoms with Crippen LogP contribution in [0.4, 0.5) is 15.8 Å². The lowest BCUT2D eigenvalue weighted by molar-refractivity contribution is -0.139. The van der Waals surface area contributed by atoms with Crippen molar-refractivity contribution in [2.75, 3.05) is 31.0 Å². The van der Waals surface area contributed by atoms with E-state index in [4.69, 9.17) is 19.3 Å². The summed E-state index contributed by atoms with van der Waals surface area (Å²) in [6.07, 6.45) is -1.60. The van der Waals surface area contributed by atoms with Gasteiger partial charge in [-0.25, -0.2) is 4.39 Å². The monoisotopic (exact) mass is 552 g/mol. The van der Waals surface area contributed by atoms with Crippen LogP contribution in [0.1, 0.15) is 31.4 Å². The molecule has 1 aliphatic heterocycles. The number of aliphatic hydroxyl groups excluding tert-OH is 1. The van der Waals surface area contributed by atoms with Gasteiger partial charge in [-0.2, -0.15) is 0 Å². The van der Waals surface area contributed by atoms with Crippen LogP contribution >= 0.6 is 0 Å². The number of hydrogen-bond donors (Lipinski definition) is 3. The number of amides is 1. The first-order valence-electron chi connectivity index (χ1n) is 12.7. The van der Waals surface area contributed by atoms with Crippen molar-refractivity contribution in [2.45, 2.75) is 45.4 Å². The first-order chi connectivity index (χ1) is 18.9. The first kappa shape index (κ1) is 28.7. The van der Waals surface area contributed by atoms with Crippen molar-refractivity contribution in [3.05, 3.63) is 65.5 Å². The predicted octanol–water partition coefficient (Wildman–Crippen LogP) is 4.77. The molecule has 3 aromatic carbocycles. The number of rotatable bonds is 10. The molecule has 0 fully saturated rings. The normalized spacial score (nSPS) is 14.7. The Morgan fingerprint density at radius 3 is 2.50 bits per heavy atom. The molecule has 3 N–H and O–H groups in total. The number of nitrogens with one attached hydrogen (secondary N) is 1. The van der Waals surface area contributed by atoms with Crippen molar-refractivity contribution < 1.29 is 38.4 Å². The number of fused-ring (bicyclic) bond motifs is 1. The van der Waals surface area contributed by atoms with E-state index >= 15 is 0 Å². The molecular formula is C30H33FN2O7. The number of carboxylic acids is 1. The maximum absolute atomic E-state index is 14.0. The molecule has 1 heterocycles. The van der Waals surface area contributed by atoms with Crippen LogP contribution in [0, 0.1) is 12.7 Å². The fourth-order valence-electron chi connectivity index (χ4n) is 4.75. The Balaban J connectivity index is 1.77. The summed E-state index contributed by atoms with van der Waals surface area (Å²) in [6, 6.07) is 13.2.